The minimum absolute atomic E-state index is 0.197. The van der Waals surface area contributed by atoms with E-state index in [9.17, 15) is 4.79 Å². The Labute approximate surface area is 96.2 Å². The Balaban J connectivity index is 2.94. The van der Waals surface area contributed by atoms with Crippen molar-refractivity contribution in [2.24, 2.45) is 0 Å². The average molecular weight is 269 g/mol. The van der Waals surface area contributed by atoms with Gasteiger partial charge in [0.05, 0.1) is 10.0 Å². The zero-order valence-corrected chi connectivity index (χ0v) is 9.61. The number of aromatic carboxylic acids is 1. The molecule has 0 aliphatic rings. The van der Waals surface area contributed by atoms with Gasteiger partial charge in [0.25, 0.3) is 0 Å². The first kappa shape index (κ1) is 11.6. The highest BCUT2D eigenvalue weighted by atomic mass is 79.9. The largest absolute Gasteiger partial charge is 0.478 e. The molecule has 3 nitrogen and oxygen atoms in total. The average Bonchev–Trinajstić information content (AvgIpc) is 2.20. The van der Waals surface area contributed by atoms with Gasteiger partial charge in [0.1, 0.15) is 5.75 Å². The molecule has 0 aliphatic carbocycles. The summed E-state index contributed by atoms with van der Waals surface area (Å²) in [5.74, 6) is 1.97. The Kier molecular flexibility index (Phi) is 3.75. The van der Waals surface area contributed by atoms with Crippen molar-refractivity contribution in [1.82, 2.24) is 0 Å². The van der Waals surface area contributed by atoms with Crippen molar-refractivity contribution >= 4 is 21.9 Å². The van der Waals surface area contributed by atoms with Gasteiger partial charge in [-0.2, -0.15) is 0 Å². The van der Waals surface area contributed by atoms with Crippen LogP contribution in [0.2, 0.25) is 0 Å². The lowest BCUT2D eigenvalue weighted by Crippen LogP contribution is -2.08. The fourth-order valence-corrected chi connectivity index (χ4v) is 1.43. The maximum absolute atomic E-state index is 10.6. The second-order valence-corrected chi connectivity index (χ2v) is 3.73. The quantitative estimate of drug-likeness (QED) is 0.858. The van der Waals surface area contributed by atoms with Crippen LogP contribution in [0.5, 0.6) is 5.75 Å². The van der Waals surface area contributed by atoms with Gasteiger partial charge in [-0.05, 0) is 41.1 Å². The van der Waals surface area contributed by atoms with E-state index in [1.165, 1.54) is 12.1 Å². The Bertz CT molecular complexity index is 420. The molecule has 1 atom stereocenters. The molecule has 0 aromatic heterocycles. The van der Waals surface area contributed by atoms with Crippen LogP contribution >= 0.6 is 15.9 Å². The number of terminal acetylenes is 1. The van der Waals surface area contributed by atoms with Crippen molar-refractivity contribution in [3.05, 3.63) is 28.2 Å². The molecule has 0 radical (unpaired) electrons. The van der Waals surface area contributed by atoms with Crippen LogP contribution in [0.25, 0.3) is 0 Å². The first-order valence-corrected chi connectivity index (χ1v) is 4.99. The number of carbonyl (C=O) groups is 1. The summed E-state index contributed by atoms with van der Waals surface area (Å²) in [4.78, 5) is 10.6. The Morgan fingerprint density at radius 2 is 2.33 bits per heavy atom. The van der Waals surface area contributed by atoms with E-state index in [2.05, 4.69) is 21.9 Å². The SMILES string of the molecule is C#CC(C)Oc1ccc(C(=O)O)cc1Br. The van der Waals surface area contributed by atoms with Gasteiger partial charge in [-0.3, -0.25) is 0 Å². The van der Waals surface area contributed by atoms with Crippen molar-refractivity contribution in [2.45, 2.75) is 13.0 Å². The first-order chi connectivity index (χ1) is 7.04. The molecule has 1 N–H and O–H groups in total. The van der Waals surface area contributed by atoms with Crippen molar-refractivity contribution < 1.29 is 14.6 Å². The maximum atomic E-state index is 10.6. The van der Waals surface area contributed by atoms with Gasteiger partial charge < -0.3 is 9.84 Å². The number of halogens is 1. The predicted molar refractivity (Wildman–Crippen MR) is 60.0 cm³/mol. The highest BCUT2D eigenvalue weighted by molar-refractivity contribution is 9.10. The summed E-state index contributed by atoms with van der Waals surface area (Å²) in [7, 11) is 0. The molecule has 0 spiro atoms. The molecule has 0 amide bonds. The summed E-state index contributed by atoms with van der Waals surface area (Å²) in [6.45, 7) is 1.73. The van der Waals surface area contributed by atoms with Gasteiger partial charge in [-0.1, -0.05) is 5.92 Å². The fourth-order valence-electron chi connectivity index (χ4n) is 0.954. The molecule has 1 aromatic rings. The van der Waals surface area contributed by atoms with Gasteiger partial charge in [0, 0.05) is 0 Å². The van der Waals surface area contributed by atoms with E-state index in [1.807, 2.05) is 0 Å². The van der Waals surface area contributed by atoms with E-state index in [0.717, 1.165) is 0 Å². The minimum atomic E-state index is -0.979. The third-order valence-electron chi connectivity index (χ3n) is 1.72. The van der Waals surface area contributed by atoms with Crippen LogP contribution in [0.4, 0.5) is 0 Å². The number of carboxylic acids is 1. The van der Waals surface area contributed by atoms with Crippen LogP contribution in [-0.4, -0.2) is 17.2 Å². The standard InChI is InChI=1S/C11H9BrO3/c1-3-7(2)15-10-5-4-8(11(13)14)6-9(10)12/h1,4-7H,2H3,(H,13,14). The fraction of sp³-hybridized carbons (Fsp3) is 0.182. The summed E-state index contributed by atoms with van der Waals surface area (Å²) in [6, 6.07) is 4.51. The molecule has 0 aliphatic heterocycles. The molecule has 78 valence electrons. The normalized spacial score (nSPS) is 11.5. The van der Waals surface area contributed by atoms with Gasteiger partial charge in [0.15, 0.2) is 6.10 Å². The third-order valence-corrected chi connectivity index (χ3v) is 2.34. The molecule has 0 saturated carbocycles. The van der Waals surface area contributed by atoms with E-state index in [4.69, 9.17) is 16.3 Å². The van der Waals surface area contributed by atoms with Gasteiger partial charge in [-0.25, -0.2) is 4.79 Å². The molecule has 1 aromatic carbocycles. The zero-order valence-electron chi connectivity index (χ0n) is 8.03. The van der Waals surface area contributed by atoms with Crippen LogP contribution < -0.4 is 4.74 Å². The van der Waals surface area contributed by atoms with E-state index < -0.39 is 5.97 Å². The summed E-state index contributed by atoms with van der Waals surface area (Å²) >= 11 is 3.22. The Morgan fingerprint density at radius 1 is 1.67 bits per heavy atom. The Hall–Kier alpha value is -1.47. The number of rotatable bonds is 3. The maximum Gasteiger partial charge on any atom is 0.335 e. The molecule has 0 bridgehead atoms. The predicted octanol–water partition coefficient (Wildman–Crippen LogP) is 2.55. The Morgan fingerprint density at radius 3 is 2.80 bits per heavy atom. The van der Waals surface area contributed by atoms with E-state index in [1.54, 1.807) is 13.0 Å². The van der Waals surface area contributed by atoms with Crippen LogP contribution in [0, 0.1) is 12.3 Å². The molecule has 1 unspecified atom stereocenters. The van der Waals surface area contributed by atoms with Crippen molar-refractivity contribution in [2.75, 3.05) is 0 Å². The second kappa shape index (κ2) is 4.85. The third kappa shape index (κ3) is 3.00. The lowest BCUT2D eigenvalue weighted by atomic mass is 10.2. The van der Waals surface area contributed by atoms with Crippen LogP contribution in [0.3, 0.4) is 0 Å². The highest BCUT2D eigenvalue weighted by Gasteiger charge is 2.08. The lowest BCUT2D eigenvalue weighted by Gasteiger charge is -2.10. The molecular weight excluding hydrogens is 260 g/mol. The van der Waals surface area contributed by atoms with E-state index in [0.29, 0.717) is 10.2 Å². The summed E-state index contributed by atoms with van der Waals surface area (Å²) in [5, 5.41) is 8.73. The van der Waals surface area contributed by atoms with E-state index >= 15 is 0 Å². The van der Waals surface area contributed by atoms with E-state index in [-0.39, 0.29) is 11.7 Å². The van der Waals surface area contributed by atoms with Crippen molar-refractivity contribution in [3.8, 4) is 18.1 Å². The van der Waals surface area contributed by atoms with Crippen LogP contribution in [-0.2, 0) is 0 Å². The monoisotopic (exact) mass is 268 g/mol. The summed E-state index contributed by atoms with van der Waals surface area (Å²) < 4.78 is 5.93. The molecule has 15 heavy (non-hydrogen) atoms. The molecule has 0 saturated heterocycles. The van der Waals surface area contributed by atoms with Crippen LogP contribution in [0.15, 0.2) is 22.7 Å². The van der Waals surface area contributed by atoms with Gasteiger partial charge in [0.2, 0.25) is 0 Å². The molecule has 1 rings (SSSR count). The number of hydrogen-bond acceptors (Lipinski definition) is 2. The van der Waals surface area contributed by atoms with Crippen LogP contribution in [0.1, 0.15) is 17.3 Å². The number of carboxylic acid groups (broad SMARTS) is 1. The molecule has 0 fully saturated rings. The zero-order chi connectivity index (χ0) is 11.4. The van der Waals surface area contributed by atoms with Crippen molar-refractivity contribution in [3.63, 3.8) is 0 Å². The summed E-state index contributed by atoms with van der Waals surface area (Å²) in [5.41, 5.74) is 0.197. The molecule has 4 heteroatoms. The number of benzene rings is 1. The topological polar surface area (TPSA) is 46.5 Å². The molecule has 0 heterocycles. The summed E-state index contributed by atoms with van der Waals surface area (Å²) in [6.07, 6.45) is 4.81. The first-order valence-electron chi connectivity index (χ1n) is 4.20. The number of ether oxygens (including phenoxy) is 1. The minimum Gasteiger partial charge on any atom is -0.478 e. The lowest BCUT2D eigenvalue weighted by molar-refractivity contribution is 0.0697. The highest BCUT2D eigenvalue weighted by Crippen LogP contribution is 2.26. The number of hydrogen-bond donors (Lipinski definition) is 1. The van der Waals surface area contributed by atoms with Gasteiger partial charge in [-0.15, -0.1) is 6.42 Å². The van der Waals surface area contributed by atoms with Crippen molar-refractivity contribution in [1.29, 1.82) is 0 Å². The second-order valence-electron chi connectivity index (χ2n) is 2.88. The molecular formula is C11H9BrO3. The van der Waals surface area contributed by atoms with Gasteiger partial charge >= 0.3 is 5.97 Å². The smallest absolute Gasteiger partial charge is 0.335 e.